The maximum Gasteiger partial charge on any atom is 0.163 e. The monoisotopic (exact) mass is 324 g/mol. The minimum atomic E-state index is -0.625. The Labute approximate surface area is 134 Å². The number of thioether (sulfide) groups is 2. The molecule has 0 aliphatic carbocycles. The van der Waals surface area contributed by atoms with Gasteiger partial charge in [0.2, 0.25) is 0 Å². The average Bonchev–Trinajstić information content (AvgIpc) is 2.87. The largest absolute Gasteiger partial charge is 0.385 e. The van der Waals surface area contributed by atoms with Crippen LogP contribution >= 0.6 is 23.5 Å². The van der Waals surface area contributed by atoms with E-state index in [0.717, 1.165) is 16.4 Å². The van der Waals surface area contributed by atoms with Crippen molar-refractivity contribution in [1.82, 2.24) is 0 Å². The minimum absolute atomic E-state index is 0.292. The second-order valence-corrected chi connectivity index (χ2v) is 7.81. The van der Waals surface area contributed by atoms with Crippen molar-refractivity contribution in [3.63, 3.8) is 0 Å². The van der Waals surface area contributed by atoms with Crippen molar-refractivity contribution in [3.05, 3.63) is 40.8 Å². The molecule has 0 unspecified atom stereocenters. The summed E-state index contributed by atoms with van der Waals surface area (Å²) in [5.41, 5.74) is 1.17. The molecule has 2 aliphatic rings. The lowest BCUT2D eigenvalue weighted by molar-refractivity contribution is -0.147. The quantitative estimate of drug-likeness (QED) is 0.923. The topological polar surface area (TPSA) is 38.7 Å². The third kappa shape index (κ3) is 3.48. The predicted molar refractivity (Wildman–Crippen MR) is 89.2 cm³/mol. The van der Waals surface area contributed by atoms with Gasteiger partial charge in [0.1, 0.15) is 12.2 Å². The van der Waals surface area contributed by atoms with Crippen molar-refractivity contribution in [2.45, 2.75) is 31.8 Å². The number of aliphatic hydroxyl groups is 1. The molecule has 1 aromatic rings. The predicted octanol–water partition coefficient (Wildman–Crippen LogP) is 3.35. The van der Waals surface area contributed by atoms with Crippen molar-refractivity contribution < 1.29 is 14.6 Å². The highest BCUT2D eigenvalue weighted by atomic mass is 32.2. The molecule has 0 radical (unpaired) electrons. The van der Waals surface area contributed by atoms with E-state index in [1.54, 1.807) is 11.8 Å². The van der Waals surface area contributed by atoms with Crippen LogP contribution in [0.2, 0.25) is 0 Å². The highest BCUT2D eigenvalue weighted by molar-refractivity contribution is 8.13. The molecule has 0 bridgehead atoms. The lowest BCUT2D eigenvalue weighted by atomic mass is 10.1. The number of hydrogen-bond acceptors (Lipinski definition) is 5. The fourth-order valence-electron chi connectivity index (χ4n) is 2.51. The Bertz CT molecular complexity index is 528. The molecule has 2 aliphatic heterocycles. The van der Waals surface area contributed by atoms with E-state index < -0.39 is 11.9 Å². The molecule has 1 fully saturated rings. The van der Waals surface area contributed by atoms with Crippen molar-refractivity contribution in [1.29, 1.82) is 0 Å². The molecule has 1 aromatic carbocycles. The molecule has 3 rings (SSSR count). The van der Waals surface area contributed by atoms with Gasteiger partial charge in [0.25, 0.3) is 0 Å². The molecule has 114 valence electrons. The smallest absolute Gasteiger partial charge is 0.163 e. The molecule has 0 aromatic heterocycles. The summed E-state index contributed by atoms with van der Waals surface area (Å²) in [5, 5.41) is 10.7. The zero-order valence-electron chi connectivity index (χ0n) is 12.2. The number of benzene rings is 1. The van der Waals surface area contributed by atoms with E-state index >= 15 is 0 Å². The first-order valence-corrected chi connectivity index (χ1v) is 9.09. The van der Waals surface area contributed by atoms with Crippen molar-refractivity contribution in [2.24, 2.45) is 0 Å². The molecule has 3 nitrogen and oxygen atoms in total. The molecule has 0 saturated carbocycles. The van der Waals surface area contributed by atoms with Crippen LogP contribution in [0.1, 0.15) is 19.4 Å². The van der Waals surface area contributed by atoms with E-state index in [9.17, 15) is 5.11 Å². The Hall–Kier alpha value is -0.460. The third-order valence-corrected chi connectivity index (χ3v) is 6.20. The minimum Gasteiger partial charge on any atom is -0.385 e. The molecule has 2 heterocycles. The zero-order valence-corrected chi connectivity index (χ0v) is 13.9. The van der Waals surface area contributed by atoms with E-state index in [-0.39, 0.29) is 6.10 Å². The van der Waals surface area contributed by atoms with E-state index in [0.29, 0.717) is 6.61 Å². The summed E-state index contributed by atoms with van der Waals surface area (Å²) in [5.74, 6) is 1.48. The molecule has 5 heteroatoms. The maximum absolute atomic E-state index is 10.7. The van der Waals surface area contributed by atoms with Gasteiger partial charge in [0.05, 0.1) is 6.61 Å². The fourth-order valence-corrected chi connectivity index (χ4v) is 5.09. The first-order chi connectivity index (χ1) is 10.1. The van der Waals surface area contributed by atoms with Crippen LogP contribution in [0.4, 0.5) is 0 Å². The van der Waals surface area contributed by atoms with Gasteiger partial charge in [-0.05, 0) is 19.4 Å². The Balaban J connectivity index is 1.88. The van der Waals surface area contributed by atoms with Gasteiger partial charge in [-0.25, -0.2) is 0 Å². The van der Waals surface area contributed by atoms with Gasteiger partial charge in [0.15, 0.2) is 5.79 Å². The SMILES string of the molecule is CC1(C)OC[C@H]([C@@H](O)C2=C(c3ccccc3)SCCS2)O1. The Kier molecular flexibility index (Phi) is 4.66. The van der Waals surface area contributed by atoms with Crippen LogP contribution in [0.5, 0.6) is 0 Å². The van der Waals surface area contributed by atoms with E-state index in [2.05, 4.69) is 12.1 Å². The highest BCUT2D eigenvalue weighted by Gasteiger charge is 2.39. The molecule has 0 amide bonds. The van der Waals surface area contributed by atoms with Crippen LogP contribution in [0.3, 0.4) is 0 Å². The van der Waals surface area contributed by atoms with Crippen molar-refractivity contribution >= 4 is 28.4 Å². The number of ether oxygens (including phenoxy) is 2. The second-order valence-electron chi connectivity index (χ2n) is 5.57. The standard InChI is InChI=1S/C16H20O3S2/c1-16(2)18-10-12(19-16)13(17)15-14(20-8-9-21-15)11-6-4-3-5-7-11/h3-7,12-13,17H,8-10H2,1-2H3/t12-,13-/m1/s1. The molecule has 0 spiro atoms. The highest BCUT2D eigenvalue weighted by Crippen LogP contribution is 2.43. The van der Waals surface area contributed by atoms with E-state index in [4.69, 9.17) is 9.47 Å². The van der Waals surface area contributed by atoms with Gasteiger partial charge < -0.3 is 14.6 Å². The van der Waals surface area contributed by atoms with Crippen LogP contribution in [0.15, 0.2) is 35.2 Å². The number of rotatable bonds is 3. The summed E-state index contributed by atoms with van der Waals surface area (Å²) in [4.78, 5) is 2.19. The first kappa shape index (κ1) is 15.4. The number of hydrogen-bond donors (Lipinski definition) is 1. The summed E-state index contributed by atoms with van der Waals surface area (Å²) in [6.45, 7) is 4.20. The van der Waals surface area contributed by atoms with Gasteiger partial charge >= 0.3 is 0 Å². The maximum atomic E-state index is 10.7. The summed E-state index contributed by atoms with van der Waals surface area (Å²) in [7, 11) is 0. The molecular weight excluding hydrogens is 304 g/mol. The van der Waals surface area contributed by atoms with Crippen molar-refractivity contribution in [3.8, 4) is 0 Å². The van der Waals surface area contributed by atoms with E-state index in [1.807, 2.05) is 43.8 Å². The van der Waals surface area contributed by atoms with Gasteiger partial charge in [-0.15, -0.1) is 23.5 Å². The van der Waals surface area contributed by atoms with Gasteiger partial charge in [-0.1, -0.05) is 30.3 Å². The summed E-state index contributed by atoms with van der Waals surface area (Å²) in [6.07, 6.45) is -0.917. The number of aliphatic hydroxyl groups excluding tert-OH is 1. The normalized spacial score (nSPS) is 26.9. The summed E-state index contributed by atoms with van der Waals surface area (Å²) in [6, 6.07) is 10.3. The molecule has 2 atom stereocenters. The van der Waals surface area contributed by atoms with Gasteiger partial charge in [-0.2, -0.15) is 0 Å². The Morgan fingerprint density at radius 3 is 2.57 bits per heavy atom. The van der Waals surface area contributed by atoms with Crippen molar-refractivity contribution in [2.75, 3.05) is 18.1 Å². The summed E-state index contributed by atoms with van der Waals surface area (Å²) < 4.78 is 11.4. The van der Waals surface area contributed by atoms with Gasteiger partial charge in [0, 0.05) is 21.3 Å². The molecule has 1 saturated heterocycles. The van der Waals surface area contributed by atoms with Crippen LogP contribution in [0, 0.1) is 0 Å². The summed E-state index contributed by atoms with van der Waals surface area (Å²) >= 11 is 3.55. The Morgan fingerprint density at radius 2 is 1.90 bits per heavy atom. The van der Waals surface area contributed by atoms with Gasteiger partial charge in [-0.3, -0.25) is 0 Å². The van der Waals surface area contributed by atoms with E-state index in [1.165, 1.54) is 10.5 Å². The third-order valence-electron chi connectivity index (χ3n) is 3.50. The van der Waals surface area contributed by atoms with Crippen LogP contribution in [-0.4, -0.2) is 41.2 Å². The molecule has 21 heavy (non-hydrogen) atoms. The zero-order chi connectivity index (χ0) is 14.9. The lowest BCUT2D eigenvalue weighted by Crippen LogP contribution is -2.32. The van der Waals surface area contributed by atoms with Crippen LogP contribution in [0.25, 0.3) is 4.91 Å². The fraction of sp³-hybridized carbons (Fsp3) is 0.500. The average molecular weight is 324 g/mol. The lowest BCUT2D eigenvalue weighted by Gasteiger charge is -2.27. The Morgan fingerprint density at radius 1 is 1.19 bits per heavy atom. The first-order valence-electron chi connectivity index (χ1n) is 7.12. The van der Waals surface area contributed by atoms with Crippen LogP contribution in [-0.2, 0) is 9.47 Å². The van der Waals surface area contributed by atoms with Crippen LogP contribution < -0.4 is 0 Å². The molecular formula is C16H20O3S2. The second kappa shape index (κ2) is 6.34. The molecule has 1 N–H and O–H groups in total.